The predicted octanol–water partition coefficient (Wildman–Crippen LogP) is 3.01. The second kappa shape index (κ2) is 9.22. The highest BCUT2D eigenvalue weighted by Gasteiger charge is 2.17. The Morgan fingerprint density at radius 2 is 1.88 bits per heavy atom. The molecular weight excluding hydrogens is 442 g/mol. The van der Waals surface area contributed by atoms with Gasteiger partial charge in [0.05, 0.1) is 18.5 Å². The number of aromatic nitrogens is 4. The highest BCUT2D eigenvalue weighted by atomic mass is 35.5. The van der Waals surface area contributed by atoms with Crippen molar-refractivity contribution in [2.75, 3.05) is 49.5 Å². The summed E-state index contributed by atoms with van der Waals surface area (Å²) in [5, 5.41) is 27.1. The number of benzene rings is 1. The van der Waals surface area contributed by atoms with Gasteiger partial charge in [0, 0.05) is 55.1 Å². The molecule has 0 bridgehead atoms. The van der Waals surface area contributed by atoms with E-state index in [1.54, 1.807) is 28.9 Å². The van der Waals surface area contributed by atoms with Crippen LogP contribution in [0.4, 0.5) is 17.5 Å². The van der Waals surface area contributed by atoms with Gasteiger partial charge in [0.25, 0.3) is 0 Å². The van der Waals surface area contributed by atoms with Crippen molar-refractivity contribution < 1.29 is 10.2 Å². The largest absolute Gasteiger partial charge is 0.508 e. The fourth-order valence-electron chi connectivity index (χ4n) is 3.95. The number of β-amino-alcohol motifs (C(OH)–C–C–N with tert-alkyl or cyclic N) is 1. The van der Waals surface area contributed by atoms with Crippen molar-refractivity contribution in [1.82, 2.24) is 24.5 Å². The van der Waals surface area contributed by atoms with E-state index in [1.807, 2.05) is 30.5 Å². The average molecular weight is 466 g/mol. The summed E-state index contributed by atoms with van der Waals surface area (Å²) in [6.07, 6.45) is 3.60. The van der Waals surface area contributed by atoms with Gasteiger partial charge in [-0.3, -0.25) is 4.90 Å². The van der Waals surface area contributed by atoms with Gasteiger partial charge in [0.2, 0.25) is 5.95 Å². The summed E-state index contributed by atoms with van der Waals surface area (Å²) < 4.78 is 1.67. The number of aliphatic hydroxyl groups excluding tert-OH is 1. The van der Waals surface area contributed by atoms with Gasteiger partial charge < -0.3 is 20.4 Å². The lowest BCUT2D eigenvalue weighted by atomic mass is 10.1. The van der Waals surface area contributed by atoms with Gasteiger partial charge in [-0.2, -0.15) is 4.98 Å². The molecule has 170 valence electrons. The Labute approximate surface area is 195 Å². The zero-order valence-electron chi connectivity index (χ0n) is 17.9. The van der Waals surface area contributed by atoms with Crippen LogP contribution in [-0.4, -0.2) is 74.0 Å². The van der Waals surface area contributed by atoms with E-state index in [0.29, 0.717) is 16.6 Å². The number of nitrogens with zero attached hydrogens (tertiary/aromatic N) is 6. The van der Waals surface area contributed by atoms with Crippen LogP contribution in [-0.2, 0) is 0 Å². The monoisotopic (exact) mass is 465 g/mol. The smallest absolute Gasteiger partial charge is 0.247 e. The molecule has 1 aliphatic heterocycles. The number of halogens is 1. The standard InChI is InChI=1S/C23H24ClN7O2/c24-20-4-3-18(33)13-19(20)16-1-5-22-27-23(28-31(22)15-16)26-17-2-6-21(25-14-17)30-9-7-29(8-10-30)11-12-32/h1-6,13-15,32-33H,7-12H2,(H,26,28). The van der Waals surface area contributed by atoms with Crippen LogP contribution in [0.5, 0.6) is 5.75 Å². The summed E-state index contributed by atoms with van der Waals surface area (Å²) >= 11 is 6.29. The molecule has 4 aromatic rings. The maximum atomic E-state index is 9.79. The zero-order chi connectivity index (χ0) is 22.8. The van der Waals surface area contributed by atoms with Crippen LogP contribution in [0.25, 0.3) is 16.8 Å². The Morgan fingerprint density at radius 1 is 1.03 bits per heavy atom. The third-order valence-electron chi connectivity index (χ3n) is 5.71. The maximum Gasteiger partial charge on any atom is 0.247 e. The number of aromatic hydroxyl groups is 1. The van der Waals surface area contributed by atoms with Crippen molar-refractivity contribution in [2.24, 2.45) is 0 Å². The van der Waals surface area contributed by atoms with Crippen molar-refractivity contribution in [2.45, 2.75) is 0 Å². The van der Waals surface area contributed by atoms with Gasteiger partial charge in [-0.25, -0.2) is 9.50 Å². The molecule has 33 heavy (non-hydrogen) atoms. The number of anilines is 3. The summed E-state index contributed by atoms with van der Waals surface area (Å²) in [5.74, 6) is 1.54. The van der Waals surface area contributed by atoms with E-state index in [2.05, 4.69) is 30.2 Å². The number of piperazine rings is 1. The summed E-state index contributed by atoms with van der Waals surface area (Å²) in [7, 11) is 0. The van der Waals surface area contributed by atoms with E-state index < -0.39 is 0 Å². The number of nitrogens with one attached hydrogen (secondary N) is 1. The van der Waals surface area contributed by atoms with Crippen molar-refractivity contribution in [1.29, 1.82) is 0 Å². The molecule has 1 aliphatic rings. The number of hydrogen-bond acceptors (Lipinski definition) is 8. The summed E-state index contributed by atoms with van der Waals surface area (Å²) in [5.41, 5.74) is 3.03. The quantitative estimate of drug-likeness (QED) is 0.399. The minimum Gasteiger partial charge on any atom is -0.508 e. The van der Waals surface area contributed by atoms with Gasteiger partial charge in [0.1, 0.15) is 11.6 Å². The first kappa shape index (κ1) is 21.4. The minimum atomic E-state index is 0.151. The molecule has 1 aromatic carbocycles. The topological polar surface area (TPSA) is 102 Å². The molecule has 0 radical (unpaired) electrons. The Bertz CT molecular complexity index is 1250. The summed E-state index contributed by atoms with van der Waals surface area (Å²) in [6, 6.07) is 12.5. The van der Waals surface area contributed by atoms with Crippen LogP contribution >= 0.6 is 11.6 Å². The second-order valence-corrected chi connectivity index (χ2v) is 8.31. The van der Waals surface area contributed by atoms with Gasteiger partial charge in [0.15, 0.2) is 5.65 Å². The molecule has 4 heterocycles. The summed E-state index contributed by atoms with van der Waals surface area (Å²) in [4.78, 5) is 13.6. The first-order chi connectivity index (χ1) is 16.1. The van der Waals surface area contributed by atoms with E-state index in [0.717, 1.165) is 55.4 Å². The molecule has 0 unspecified atom stereocenters. The lowest BCUT2D eigenvalue weighted by molar-refractivity contribution is 0.188. The third kappa shape index (κ3) is 4.70. The molecule has 5 rings (SSSR count). The van der Waals surface area contributed by atoms with E-state index in [9.17, 15) is 5.11 Å². The number of pyridine rings is 2. The van der Waals surface area contributed by atoms with Crippen molar-refractivity contribution in [3.05, 3.63) is 59.9 Å². The second-order valence-electron chi connectivity index (χ2n) is 7.90. The van der Waals surface area contributed by atoms with Gasteiger partial charge in [-0.15, -0.1) is 5.10 Å². The van der Waals surface area contributed by atoms with Crippen LogP contribution in [0, 0.1) is 0 Å². The van der Waals surface area contributed by atoms with Crippen LogP contribution in [0.3, 0.4) is 0 Å². The molecule has 1 saturated heterocycles. The first-order valence-electron chi connectivity index (χ1n) is 10.8. The molecule has 0 aliphatic carbocycles. The van der Waals surface area contributed by atoms with Crippen LogP contribution in [0.1, 0.15) is 0 Å². The SMILES string of the molecule is OCCN1CCN(c2ccc(Nc3nc4ccc(-c5cc(O)ccc5Cl)cn4n3)cn2)CC1. The van der Waals surface area contributed by atoms with Gasteiger partial charge >= 0.3 is 0 Å². The molecule has 3 aromatic heterocycles. The molecule has 1 fully saturated rings. The number of aliphatic hydroxyl groups is 1. The summed E-state index contributed by atoms with van der Waals surface area (Å²) in [6.45, 7) is 4.53. The van der Waals surface area contributed by atoms with E-state index in [-0.39, 0.29) is 12.4 Å². The third-order valence-corrected chi connectivity index (χ3v) is 6.04. The molecule has 3 N–H and O–H groups in total. The molecule has 10 heteroatoms. The van der Waals surface area contributed by atoms with E-state index >= 15 is 0 Å². The first-order valence-corrected chi connectivity index (χ1v) is 11.1. The fourth-order valence-corrected chi connectivity index (χ4v) is 4.17. The molecular formula is C23H24ClN7O2. The molecule has 0 atom stereocenters. The highest BCUT2D eigenvalue weighted by Crippen LogP contribution is 2.31. The van der Waals surface area contributed by atoms with Crippen LogP contribution in [0.15, 0.2) is 54.9 Å². The number of hydrogen-bond donors (Lipinski definition) is 3. The lowest BCUT2D eigenvalue weighted by Gasteiger charge is -2.35. The van der Waals surface area contributed by atoms with Crippen molar-refractivity contribution >= 4 is 34.7 Å². The van der Waals surface area contributed by atoms with Crippen molar-refractivity contribution in [3.8, 4) is 16.9 Å². The van der Waals surface area contributed by atoms with Gasteiger partial charge in [-0.05, 0) is 42.5 Å². The molecule has 9 nitrogen and oxygen atoms in total. The Kier molecular flexibility index (Phi) is 5.99. The Hall–Kier alpha value is -3.40. The average Bonchev–Trinajstić information content (AvgIpc) is 3.23. The van der Waals surface area contributed by atoms with E-state index in [1.165, 1.54) is 0 Å². The molecule has 0 saturated carbocycles. The Morgan fingerprint density at radius 3 is 2.64 bits per heavy atom. The van der Waals surface area contributed by atoms with Crippen molar-refractivity contribution in [3.63, 3.8) is 0 Å². The predicted molar refractivity (Wildman–Crippen MR) is 128 cm³/mol. The zero-order valence-corrected chi connectivity index (χ0v) is 18.7. The number of phenolic OH excluding ortho intramolecular Hbond substituents is 1. The lowest BCUT2D eigenvalue weighted by Crippen LogP contribution is -2.47. The highest BCUT2D eigenvalue weighted by molar-refractivity contribution is 6.33. The fraction of sp³-hybridized carbons (Fsp3) is 0.261. The normalized spacial score (nSPS) is 14.7. The molecule has 0 spiro atoms. The molecule has 0 amide bonds. The van der Waals surface area contributed by atoms with E-state index in [4.69, 9.17) is 16.7 Å². The number of phenols is 1. The number of fused-ring (bicyclic) bond motifs is 1. The Balaban J connectivity index is 1.29. The van der Waals surface area contributed by atoms with Crippen LogP contribution in [0.2, 0.25) is 5.02 Å². The van der Waals surface area contributed by atoms with Gasteiger partial charge in [-0.1, -0.05) is 11.6 Å². The minimum absolute atomic E-state index is 0.151. The van der Waals surface area contributed by atoms with Crippen LogP contribution < -0.4 is 10.2 Å². The number of rotatable bonds is 6. The maximum absolute atomic E-state index is 9.79.